The first-order valence-corrected chi connectivity index (χ1v) is 8.07. The Balaban J connectivity index is 1.94. The van der Waals surface area contributed by atoms with Gasteiger partial charge in [0.1, 0.15) is 11.0 Å². The molecule has 19 heavy (non-hydrogen) atoms. The largest absolute Gasteiger partial charge is 0.337 e. The summed E-state index contributed by atoms with van der Waals surface area (Å²) in [7, 11) is 0. The Hall–Kier alpha value is -1.13. The Bertz CT molecular complexity index is 463. The Morgan fingerprint density at radius 2 is 2.32 bits per heavy atom. The van der Waals surface area contributed by atoms with E-state index in [1.165, 1.54) is 23.1 Å². The van der Waals surface area contributed by atoms with E-state index in [1.54, 1.807) is 5.51 Å². The predicted molar refractivity (Wildman–Crippen MR) is 74.8 cm³/mol. The highest BCUT2D eigenvalue weighted by Gasteiger charge is 2.34. The fraction of sp³-hybridized carbons (Fsp3) is 0.667. The molecule has 1 saturated carbocycles. The second-order valence-corrected chi connectivity index (χ2v) is 7.13. The van der Waals surface area contributed by atoms with Crippen molar-refractivity contribution >= 4 is 29.0 Å². The van der Waals surface area contributed by atoms with Crippen LogP contribution in [-0.4, -0.2) is 26.9 Å². The number of amides is 1. The van der Waals surface area contributed by atoms with E-state index in [-0.39, 0.29) is 11.2 Å². The molecule has 1 fully saturated rings. The van der Waals surface area contributed by atoms with Gasteiger partial charge in [0.05, 0.1) is 11.3 Å². The Morgan fingerprint density at radius 3 is 2.89 bits per heavy atom. The van der Waals surface area contributed by atoms with E-state index in [4.69, 9.17) is 0 Å². The summed E-state index contributed by atoms with van der Waals surface area (Å²) in [5.41, 5.74) is 0.982. The molecule has 1 heterocycles. The number of nitriles is 1. The van der Waals surface area contributed by atoms with Crippen molar-refractivity contribution in [3.05, 3.63) is 5.51 Å². The third-order valence-electron chi connectivity index (χ3n) is 3.27. The van der Waals surface area contributed by atoms with Crippen molar-refractivity contribution in [1.82, 2.24) is 15.5 Å². The van der Waals surface area contributed by atoms with Crippen molar-refractivity contribution in [2.24, 2.45) is 0 Å². The molecule has 1 aromatic rings. The third-order valence-corrected chi connectivity index (χ3v) is 5.18. The van der Waals surface area contributed by atoms with Crippen LogP contribution in [0.3, 0.4) is 0 Å². The number of carbonyl (C=O) groups is 1. The normalized spacial score (nSPS) is 19.4. The molecule has 1 aromatic heterocycles. The Morgan fingerprint density at radius 1 is 1.58 bits per heavy atom. The molecule has 0 radical (unpaired) electrons. The number of aromatic nitrogens is 2. The minimum Gasteiger partial charge on any atom is -0.337 e. The lowest BCUT2D eigenvalue weighted by atomic mass is 9.83. The van der Waals surface area contributed by atoms with Gasteiger partial charge >= 0.3 is 0 Å². The topological polar surface area (TPSA) is 78.7 Å². The lowest BCUT2D eigenvalue weighted by Gasteiger charge is -2.32. The summed E-state index contributed by atoms with van der Waals surface area (Å²) in [6.07, 6.45) is 4.67. The zero-order chi connectivity index (χ0) is 13.7. The number of nitrogens with zero attached hydrogens (tertiary/aromatic N) is 3. The molecule has 1 amide bonds. The quantitative estimate of drug-likeness (QED) is 0.863. The molecule has 1 aliphatic carbocycles. The van der Waals surface area contributed by atoms with Gasteiger partial charge in [-0.1, -0.05) is 42.4 Å². The monoisotopic (exact) mass is 296 g/mol. The summed E-state index contributed by atoms with van der Waals surface area (Å²) in [5, 5.41) is 19.7. The van der Waals surface area contributed by atoms with Gasteiger partial charge in [0.2, 0.25) is 5.91 Å². The SMILES string of the molecule is CC(Sc1nncs1)C(=O)NC1(C#N)CCCCC1. The number of thioether (sulfide) groups is 1. The van der Waals surface area contributed by atoms with Gasteiger partial charge in [-0.3, -0.25) is 4.79 Å². The Labute approximate surface area is 120 Å². The molecular formula is C12H16N4OS2. The molecule has 0 saturated heterocycles. The van der Waals surface area contributed by atoms with Gasteiger partial charge in [-0.25, -0.2) is 0 Å². The minimum absolute atomic E-state index is 0.0938. The number of hydrogen-bond donors (Lipinski definition) is 1. The highest BCUT2D eigenvalue weighted by Crippen LogP contribution is 2.29. The molecule has 5 nitrogen and oxygen atoms in total. The molecule has 7 heteroatoms. The van der Waals surface area contributed by atoms with E-state index in [0.717, 1.165) is 36.4 Å². The second kappa shape index (κ2) is 6.35. The van der Waals surface area contributed by atoms with Crippen LogP contribution in [0.25, 0.3) is 0 Å². The van der Waals surface area contributed by atoms with Crippen LogP contribution in [0.4, 0.5) is 0 Å². The maximum Gasteiger partial charge on any atom is 0.234 e. The first-order chi connectivity index (χ1) is 9.15. The van der Waals surface area contributed by atoms with Crippen LogP contribution in [0.2, 0.25) is 0 Å². The molecule has 0 aromatic carbocycles. The maximum atomic E-state index is 12.2. The predicted octanol–water partition coefficient (Wildman–Crippen LogP) is 2.36. The number of hydrogen-bond acceptors (Lipinski definition) is 6. The summed E-state index contributed by atoms with van der Waals surface area (Å²) in [6.45, 7) is 1.83. The van der Waals surface area contributed by atoms with E-state index < -0.39 is 5.54 Å². The van der Waals surface area contributed by atoms with Gasteiger partial charge in [-0.15, -0.1) is 10.2 Å². The average molecular weight is 296 g/mol. The van der Waals surface area contributed by atoms with Crippen LogP contribution in [0.1, 0.15) is 39.0 Å². The average Bonchev–Trinajstić information content (AvgIpc) is 2.92. The maximum absolute atomic E-state index is 12.2. The van der Waals surface area contributed by atoms with Crippen LogP contribution < -0.4 is 5.32 Å². The molecule has 1 atom stereocenters. The van der Waals surface area contributed by atoms with Gasteiger partial charge in [-0.05, 0) is 19.8 Å². The second-order valence-electron chi connectivity index (χ2n) is 4.71. The van der Waals surface area contributed by atoms with E-state index >= 15 is 0 Å². The van der Waals surface area contributed by atoms with Crippen LogP contribution in [-0.2, 0) is 4.79 Å². The lowest BCUT2D eigenvalue weighted by Crippen LogP contribution is -2.50. The molecule has 102 valence electrons. The van der Waals surface area contributed by atoms with Crippen LogP contribution in [0.5, 0.6) is 0 Å². The van der Waals surface area contributed by atoms with Crippen molar-refractivity contribution in [2.45, 2.75) is 54.2 Å². The molecule has 2 rings (SSSR count). The van der Waals surface area contributed by atoms with Crippen molar-refractivity contribution in [3.63, 3.8) is 0 Å². The molecular weight excluding hydrogens is 280 g/mol. The Kier molecular flexibility index (Phi) is 4.77. The standard InChI is InChI=1S/C12H16N4OS2/c1-9(19-11-16-14-8-18-11)10(17)15-12(7-13)5-3-2-4-6-12/h8-9H,2-6H2,1H3,(H,15,17). The summed E-state index contributed by atoms with van der Waals surface area (Å²) in [5.74, 6) is -0.0938. The van der Waals surface area contributed by atoms with Gasteiger partial charge in [-0.2, -0.15) is 5.26 Å². The van der Waals surface area contributed by atoms with Crippen molar-refractivity contribution in [1.29, 1.82) is 5.26 Å². The van der Waals surface area contributed by atoms with Gasteiger partial charge < -0.3 is 5.32 Å². The fourth-order valence-electron chi connectivity index (χ4n) is 2.18. The summed E-state index contributed by atoms with van der Waals surface area (Å²) >= 11 is 2.79. The summed E-state index contributed by atoms with van der Waals surface area (Å²) in [4.78, 5) is 12.2. The highest BCUT2D eigenvalue weighted by molar-refractivity contribution is 8.02. The van der Waals surface area contributed by atoms with Crippen LogP contribution in [0, 0.1) is 11.3 Å². The van der Waals surface area contributed by atoms with Crippen molar-refractivity contribution in [3.8, 4) is 6.07 Å². The van der Waals surface area contributed by atoms with Crippen LogP contribution in [0.15, 0.2) is 9.85 Å². The number of nitrogens with one attached hydrogen (secondary N) is 1. The fourth-order valence-corrected chi connectivity index (χ4v) is 3.80. The molecule has 1 unspecified atom stereocenters. The smallest absolute Gasteiger partial charge is 0.234 e. The highest BCUT2D eigenvalue weighted by atomic mass is 32.2. The molecule has 1 aliphatic rings. The zero-order valence-corrected chi connectivity index (χ0v) is 12.4. The lowest BCUT2D eigenvalue weighted by molar-refractivity contribution is -0.121. The van der Waals surface area contributed by atoms with Crippen molar-refractivity contribution < 1.29 is 4.79 Å². The number of rotatable bonds is 4. The molecule has 1 N–H and O–H groups in total. The molecule has 0 bridgehead atoms. The van der Waals surface area contributed by atoms with Crippen molar-refractivity contribution in [2.75, 3.05) is 0 Å². The first kappa shape index (κ1) is 14.3. The third kappa shape index (κ3) is 3.67. The first-order valence-electron chi connectivity index (χ1n) is 6.31. The summed E-state index contributed by atoms with van der Waals surface area (Å²) in [6, 6.07) is 2.30. The van der Waals surface area contributed by atoms with Crippen LogP contribution >= 0.6 is 23.1 Å². The van der Waals surface area contributed by atoms with E-state index in [0.29, 0.717) is 0 Å². The molecule has 0 aliphatic heterocycles. The zero-order valence-electron chi connectivity index (χ0n) is 10.8. The van der Waals surface area contributed by atoms with Gasteiger partial charge in [0.25, 0.3) is 0 Å². The minimum atomic E-state index is -0.661. The van der Waals surface area contributed by atoms with E-state index in [1.807, 2.05) is 6.92 Å². The summed E-state index contributed by atoms with van der Waals surface area (Å²) < 4.78 is 0.775. The van der Waals surface area contributed by atoms with Gasteiger partial charge in [0, 0.05) is 0 Å². The molecule has 0 spiro atoms. The number of carbonyl (C=O) groups excluding carboxylic acids is 1. The van der Waals surface area contributed by atoms with E-state index in [9.17, 15) is 10.1 Å². The van der Waals surface area contributed by atoms with E-state index in [2.05, 4.69) is 21.6 Å². The van der Waals surface area contributed by atoms with Gasteiger partial charge in [0.15, 0.2) is 4.34 Å².